The number of hydrogen-bond acceptors (Lipinski definition) is 5. The lowest BCUT2D eigenvalue weighted by atomic mass is 10.0. The molecular weight excluding hydrogens is 426 g/mol. The van der Waals surface area contributed by atoms with E-state index in [1.54, 1.807) is 0 Å². The topological polar surface area (TPSA) is 71.4 Å². The van der Waals surface area contributed by atoms with Crippen molar-refractivity contribution in [2.75, 3.05) is 23.7 Å². The molecule has 2 aliphatic heterocycles. The zero-order chi connectivity index (χ0) is 21.4. The van der Waals surface area contributed by atoms with Gasteiger partial charge in [-0.2, -0.15) is 13.2 Å². The quantitative estimate of drug-likeness (QED) is 0.742. The molecule has 1 aliphatic carbocycles. The number of hydrogen-bond donors (Lipinski definition) is 1. The number of carbonyl (C=O) groups excluding carboxylic acids is 2. The molecule has 1 saturated carbocycles. The number of aromatic nitrogens is 1. The van der Waals surface area contributed by atoms with Gasteiger partial charge in [0.05, 0.1) is 33.6 Å². The van der Waals surface area contributed by atoms with E-state index >= 15 is 0 Å². The maximum absolute atomic E-state index is 14.8. The van der Waals surface area contributed by atoms with E-state index in [0.29, 0.717) is 10.5 Å². The van der Waals surface area contributed by atoms with Crippen LogP contribution < -0.4 is 15.6 Å². The van der Waals surface area contributed by atoms with Gasteiger partial charge in [-0.3, -0.25) is 14.4 Å². The molecule has 1 aromatic carbocycles. The highest BCUT2D eigenvalue weighted by Crippen LogP contribution is 2.44. The van der Waals surface area contributed by atoms with Crippen LogP contribution in [0.4, 0.5) is 23.2 Å². The maximum atomic E-state index is 14.8. The van der Waals surface area contributed by atoms with Crippen molar-refractivity contribution < 1.29 is 27.2 Å². The number of rotatable bonds is 3. The summed E-state index contributed by atoms with van der Waals surface area (Å²) < 4.78 is 53.9. The number of nitrogens with zero attached hydrogens (tertiary/aromatic N) is 2. The standard InChI is InChI=1S/C19H15F4N3O3S/c20-11-3-10-12(4-13(11)25-5-8(6-25)24-18(29)19(21,22)23)26(9-1-2-9)17-15(16(10)28)14(27)7-30-17/h3-4,8-9H,1-2,5-7H2,(H,24,29). The Balaban J connectivity index is 1.51. The van der Waals surface area contributed by atoms with Crippen LogP contribution in [0.15, 0.2) is 22.0 Å². The molecule has 1 aromatic heterocycles. The lowest BCUT2D eigenvalue weighted by Gasteiger charge is -2.41. The van der Waals surface area contributed by atoms with Gasteiger partial charge in [-0.1, -0.05) is 11.8 Å². The fourth-order valence-electron chi connectivity index (χ4n) is 3.96. The minimum absolute atomic E-state index is 0.0239. The minimum Gasteiger partial charge on any atom is -0.365 e. The second-order valence-electron chi connectivity index (χ2n) is 7.72. The molecule has 11 heteroatoms. The fourth-order valence-corrected chi connectivity index (χ4v) is 5.11. The van der Waals surface area contributed by atoms with E-state index in [0.717, 1.165) is 18.9 Å². The number of benzene rings is 1. The van der Waals surface area contributed by atoms with Crippen molar-refractivity contribution in [2.45, 2.75) is 36.1 Å². The second kappa shape index (κ2) is 6.47. The highest BCUT2D eigenvalue weighted by molar-refractivity contribution is 8.00. The largest absolute Gasteiger partial charge is 0.471 e. The summed E-state index contributed by atoms with van der Waals surface area (Å²) in [7, 11) is 0. The number of nitrogens with one attached hydrogen (secondary N) is 1. The van der Waals surface area contributed by atoms with Crippen LogP contribution in [-0.2, 0) is 4.79 Å². The number of ketones is 1. The maximum Gasteiger partial charge on any atom is 0.471 e. The summed E-state index contributed by atoms with van der Waals surface area (Å²) in [4.78, 5) is 37.6. The zero-order valence-electron chi connectivity index (χ0n) is 15.4. The molecular formula is C19H15F4N3O3S. The number of alkyl halides is 3. The number of carbonyl (C=O) groups is 2. The van der Waals surface area contributed by atoms with Crippen LogP contribution in [0.3, 0.4) is 0 Å². The average molecular weight is 441 g/mol. The van der Waals surface area contributed by atoms with Crippen LogP contribution in [-0.4, -0.2) is 47.3 Å². The highest BCUT2D eigenvalue weighted by Gasteiger charge is 2.42. The monoisotopic (exact) mass is 441 g/mol. The number of anilines is 1. The molecule has 158 valence electrons. The Labute approximate surface area is 171 Å². The molecule has 5 rings (SSSR count). The highest BCUT2D eigenvalue weighted by atomic mass is 32.2. The Morgan fingerprint density at radius 3 is 2.50 bits per heavy atom. The molecule has 0 radical (unpaired) electrons. The Morgan fingerprint density at radius 2 is 1.87 bits per heavy atom. The molecule has 1 N–H and O–H groups in total. The molecule has 3 aliphatic rings. The molecule has 3 heterocycles. The summed E-state index contributed by atoms with van der Waals surface area (Å²) >= 11 is 1.30. The van der Waals surface area contributed by atoms with E-state index in [1.165, 1.54) is 22.7 Å². The summed E-state index contributed by atoms with van der Waals surface area (Å²) in [6, 6.07) is 2.02. The van der Waals surface area contributed by atoms with E-state index in [-0.39, 0.29) is 47.3 Å². The molecule has 0 atom stereocenters. The lowest BCUT2D eigenvalue weighted by molar-refractivity contribution is -0.174. The normalized spacial score (nSPS) is 19.2. The van der Waals surface area contributed by atoms with Gasteiger partial charge in [0.1, 0.15) is 5.82 Å². The fraction of sp³-hybridized carbons (Fsp3) is 0.421. The summed E-state index contributed by atoms with van der Waals surface area (Å²) in [6.07, 6.45) is -3.19. The van der Waals surface area contributed by atoms with Crippen molar-refractivity contribution in [3.8, 4) is 0 Å². The molecule has 0 spiro atoms. The van der Waals surface area contributed by atoms with Gasteiger partial charge in [-0.05, 0) is 25.0 Å². The molecule has 2 aromatic rings. The van der Waals surface area contributed by atoms with E-state index in [4.69, 9.17) is 0 Å². The molecule has 1 saturated heterocycles. The number of pyridine rings is 1. The lowest BCUT2D eigenvalue weighted by Crippen LogP contribution is -2.61. The molecule has 1 amide bonds. The van der Waals surface area contributed by atoms with Crippen LogP contribution in [0.25, 0.3) is 10.9 Å². The number of Topliss-reactive ketones (excluding diaryl/α,β-unsaturated/α-hetero) is 1. The number of halogens is 4. The number of fused-ring (bicyclic) bond motifs is 2. The number of thioether (sulfide) groups is 1. The van der Waals surface area contributed by atoms with Gasteiger partial charge < -0.3 is 14.8 Å². The van der Waals surface area contributed by atoms with E-state index < -0.39 is 29.4 Å². The van der Waals surface area contributed by atoms with Gasteiger partial charge in [-0.15, -0.1) is 0 Å². The van der Waals surface area contributed by atoms with Gasteiger partial charge in [0.25, 0.3) is 0 Å². The van der Waals surface area contributed by atoms with Crippen molar-refractivity contribution in [1.82, 2.24) is 9.88 Å². The van der Waals surface area contributed by atoms with Crippen LogP contribution >= 0.6 is 11.8 Å². The first-order chi connectivity index (χ1) is 14.1. The zero-order valence-corrected chi connectivity index (χ0v) is 16.2. The molecule has 0 unspecified atom stereocenters. The van der Waals surface area contributed by atoms with E-state index in [9.17, 15) is 31.9 Å². The van der Waals surface area contributed by atoms with Gasteiger partial charge in [0, 0.05) is 24.5 Å². The Morgan fingerprint density at radius 1 is 1.17 bits per heavy atom. The van der Waals surface area contributed by atoms with Crippen molar-refractivity contribution in [2.24, 2.45) is 0 Å². The summed E-state index contributed by atoms with van der Waals surface area (Å²) in [5.74, 6) is -2.80. The first-order valence-corrected chi connectivity index (χ1v) is 10.3. The number of amides is 1. The third-order valence-electron chi connectivity index (χ3n) is 5.57. The van der Waals surface area contributed by atoms with Crippen molar-refractivity contribution in [3.63, 3.8) is 0 Å². The first-order valence-electron chi connectivity index (χ1n) is 9.35. The molecule has 6 nitrogen and oxygen atoms in total. The van der Waals surface area contributed by atoms with Crippen LogP contribution in [0.5, 0.6) is 0 Å². The van der Waals surface area contributed by atoms with Crippen molar-refractivity contribution in [1.29, 1.82) is 0 Å². The first kappa shape index (κ1) is 19.4. The average Bonchev–Trinajstić information content (AvgIpc) is 3.40. The van der Waals surface area contributed by atoms with Gasteiger partial charge in [-0.25, -0.2) is 4.39 Å². The minimum atomic E-state index is -4.97. The van der Waals surface area contributed by atoms with E-state index in [2.05, 4.69) is 0 Å². The van der Waals surface area contributed by atoms with Crippen molar-refractivity contribution >= 4 is 40.0 Å². The van der Waals surface area contributed by atoms with Crippen LogP contribution in [0, 0.1) is 5.82 Å². The Bertz CT molecular complexity index is 1170. The predicted molar refractivity (Wildman–Crippen MR) is 102 cm³/mol. The predicted octanol–water partition coefficient (Wildman–Crippen LogP) is 2.63. The van der Waals surface area contributed by atoms with Gasteiger partial charge >= 0.3 is 12.1 Å². The third kappa shape index (κ3) is 2.98. The van der Waals surface area contributed by atoms with E-state index in [1.807, 2.05) is 9.88 Å². The third-order valence-corrected chi connectivity index (χ3v) is 6.66. The van der Waals surface area contributed by atoms with Crippen LogP contribution in [0.1, 0.15) is 29.2 Å². The Hall–Kier alpha value is -2.56. The molecule has 30 heavy (non-hydrogen) atoms. The van der Waals surface area contributed by atoms with Crippen molar-refractivity contribution in [3.05, 3.63) is 33.7 Å². The second-order valence-corrected chi connectivity index (χ2v) is 8.68. The SMILES string of the molecule is O=C1CSc2c1c(=O)c1cc(F)c(N3CC(NC(=O)C(F)(F)F)C3)cc1n2C1CC1. The van der Waals surface area contributed by atoms with Gasteiger partial charge in [0.15, 0.2) is 5.78 Å². The van der Waals surface area contributed by atoms with Gasteiger partial charge in [0.2, 0.25) is 5.43 Å². The smallest absolute Gasteiger partial charge is 0.365 e. The molecule has 0 bridgehead atoms. The van der Waals surface area contributed by atoms with Crippen LogP contribution in [0.2, 0.25) is 0 Å². The summed E-state index contributed by atoms with van der Waals surface area (Å²) in [5.41, 5.74) is 0.299. The summed E-state index contributed by atoms with van der Waals surface area (Å²) in [6.45, 7) is 0.0478. The summed E-state index contributed by atoms with van der Waals surface area (Å²) in [5, 5.41) is 2.61. The molecule has 2 fully saturated rings. The Kier molecular flexibility index (Phi) is 4.18.